The smallest absolute Gasteiger partial charge is 0.407 e. The van der Waals surface area contributed by atoms with Gasteiger partial charge in [-0.1, -0.05) is 48.5 Å². The average Bonchev–Trinajstić information content (AvgIpc) is 1.60. The second-order valence-corrected chi connectivity index (χ2v) is 28.4. The Kier molecular flexibility index (Phi) is 27.7. The molecule has 1 aliphatic carbocycles. The third kappa shape index (κ3) is 17.7. The molecule has 0 radical (unpaired) electrons. The van der Waals surface area contributed by atoms with Crippen LogP contribution >= 0.6 is 0 Å². The number of hydrogen-bond donors (Lipinski definition) is 22. The fourth-order valence-corrected chi connectivity index (χ4v) is 14.4. The molecule has 21 aliphatic heterocycles. The van der Waals surface area contributed by atoms with Crippen LogP contribution in [0.1, 0.15) is 50.7 Å². The van der Waals surface area contributed by atoms with Gasteiger partial charge in [0.1, 0.15) is 189 Å². The molecule has 41 heteroatoms. The highest BCUT2D eigenvalue weighted by Gasteiger charge is 2.60. The SMILES string of the molecule is CC(C)(C)OC(=O)[C@H](CCC(=O)NCC1OC2OC3C(CO)OC(OC4C(CO)OC(OC5C(CO)OC(OC6C(CO)OC(OC7C(CO)OC(OC8C(CO)OC(OC1C(O)C2O)C(O)C8O)C(O)C7O)C(O)C6O)C(O)C5O)C(O)C4O)C(O)C3O)NC(=O)OCC1c2ccccc2-c2ccccc21. The summed E-state index contributed by atoms with van der Waals surface area (Å²) in [6.07, 6.45) is -75.5. The number of aliphatic hydroxyl groups is 20. The van der Waals surface area contributed by atoms with Crippen molar-refractivity contribution in [2.24, 2.45) is 0 Å². The summed E-state index contributed by atoms with van der Waals surface area (Å²) >= 11 is 0. The molecule has 22 aliphatic rings. The predicted octanol–water partition coefficient (Wildman–Crippen LogP) is -11.1. The lowest BCUT2D eigenvalue weighted by atomic mass is 9.95. The van der Waals surface area contributed by atoms with Crippen molar-refractivity contribution >= 4 is 18.0 Å². The van der Waals surface area contributed by atoms with Crippen molar-refractivity contribution in [1.29, 1.82) is 0 Å². The van der Waals surface area contributed by atoms with Crippen LogP contribution in [0, 0.1) is 0 Å². The fraction of sp³-hybridized carbons (Fsp3) is 0.773. The van der Waals surface area contributed by atoms with Crippen molar-refractivity contribution in [1.82, 2.24) is 10.6 Å². The van der Waals surface area contributed by atoms with E-state index in [1.807, 2.05) is 48.5 Å². The maximum atomic E-state index is 14.0. The Labute approximate surface area is 608 Å². The number of amides is 2. The number of carbonyl (C=O) groups excluding carboxylic acids is 3. The standard InChI is InChI=1S/C66H96N2O39/c1-66(2,3)107-57(90)27(68-65(91)92-21-26-24-10-6-4-8-22(24)23-9-5-7-11-25(23)26)12-13-35(75)67-14-28-50-36(76)43(83)58(93-28)101-51-29(15-69)95-60(45(85)38(51)78)103-53-31(17-71)97-62(47(87)40(53)80)105-55-33(19-73)99-64(49(89)42(55)82)106-56-34(20-74)98-63(48(88)41(56)81)104-54-32(18-72)96-61(46(86)39(54)79)102-52-30(16-70)94-59(100-50)44(84)37(52)77/h4-11,26-34,36-56,58-64,69-74,76-89H,12-21H2,1-3H3,(H,67,75)(H,68,91)/t27-,28?,29?,30?,31?,32?,33?,34?,36?,37?,38?,39?,40?,41?,42?,43?,44?,45?,46?,47?,48?,49?,50?,51?,52?,53?,54?,55?,56?,58?,59?,60?,61?,62?,63?,64?/m0/s1. The van der Waals surface area contributed by atoms with Crippen molar-refractivity contribution in [3.8, 4) is 11.1 Å². The molecule has 2 aromatic carbocycles. The summed E-state index contributed by atoms with van der Waals surface area (Å²) < 4.78 is 92.9. The fourth-order valence-electron chi connectivity index (χ4n) is 14.4. The average molecular weight is 1540 g/mol. The Bertz CT molecular complexity index is 3170. The highest BCUT2D eigenvalue weighted by atomic mass is 16.8. The van der Waals surface area contributed by atoms with E-state index in [4.69, 9.17) is 75.8 Å². The lowest BCUT2D eigenvalue weighted by molar-refractivity contribution is -0.396. The molecule has 21 saturated heterocycles. The van der Waals surface area contributed by atoms with E-state index in [-0.39, 0.29) is 12.5 Å². The van der Waals surface area contributed by atoms with E-state index in [0.717, 1.165) is 22.3 Å². The van der Waals surface area contributed by atoms with Gasteiger partial charge in [0, 0.05) is 18.9 Å². The maximum absolute atomic E-state index is 14.0. The highest BCUT2D eigenvalue weighted by molar-refractivity contribution is 5.83. The number of alkyl carbamates (subject to hydrolysis) is 1. The van der Waals surface area contributed by atoms with E-state index in [2.05, 4.69) is 10.6 Å². The number of fused-ring (bicyclic) bond motifs is 3. The molecular formula is C66H96N2O39. The molecule has 21 fully saturated rings. The summed E-state index contributed by atoms with van der Waals surface area (Å²) in [4.78, 5) is 41.4. The van der Waals surface area contributed by atoms with Crippen molar-refractivity contribution < 1.29 is 192 Å². The number of benzene rings is 2. The Morgan fingerprint density at radius 1 is 0.383 bits per heavy atom. The second kappa shape index (κ2) is 35.5. The predicted molar refractivity (Wildman–Crippen MR) is 341 cm³/mol. The summed E-state index contributed by atoms with van der Waals surface area (Å²) in [5.41, 5.74) is 2.58. The molecule has 14 bridgehead atoms. The molecule has 0 spiro atoms. The molecule has 2 amide bonds. The number of hydrogen-bond acceptors (Lipinski definition) is 39. The monoisotopic (exact) mass is 1540 g/mol. The Hall–Kier alpha value is -4.71. The number of aliphatic hydroxyl groups excluding tert-OH is 20. The molecular weight excluding hydrogens is 1440 g/mol. The van der Waals surface area contributed by atoms with Gasteiger partial charge in [0.15, 0.2) is 44.0 Å². The molecule has 22 N–H and O–H groups in total. The molecule has 107 heavy (non-hydrogen) atoms. The van der Waals surface area contributed by atoms with Gasteiger partial charge in [0.25, 0.3) is 0 Å². The first-order chi connectivity index (χ1) is 50.9. The van der Waals surface area contributed by atoms with Crippen LogP contribution < -0.4 is 10.6 Å². The van der Waals surface area contributed by atoms with Gasteiger partial charge in [0.05, 0.1) is 39.6 Å². The zero-order chi connectivity index (χ0) is 77.4. The molecule has 0 saturated carbocycles. The molecule has 24 rings (SSSR count). The number of rotatable bonds is 15. The number of ether oxygens (including phenoxy) is 16. The molecule has 35 unspecified atom stereocenters. The Morgan fingerprint density at radius 3 is 0.916 bits per heavy atom. The van der Waals surface area contributed by atoms with Crippen LogP contribution in [0.15, 0.2) is 48.5 Å². The molecule has 21 heterocycles. The van der Waals surface area contributed by atoms with Gasteiger partial charge >= 0.3 is 12.1 Å². The molecule has 604 valence electrons. The van der Waals surface area contributed by atoms with E-state index >= 15 is 0 Å². The summed E-state index contributed by atoms with van der Waals surface area (Å²) in [6.45, 7) is -2.89. The van der Waals surface area contributed by atoms with Gasteiger partial charge in [-0.2, -0.15) is 0 Å². The topological polar surface area (TPSA) is 628 Å². The van der Waals surface area contributed by atoms with Crippen LogP contribution in [-0.4, -0.2) is 399 Å². The van der Waals surface area contributed by atoms with E-state index in [9.17, 15) is 117 Å². The number of carbonyl (C=O) groups is 3. The van der Waals surface area contributed by atoms with Crippen LogP contribution in [0.3, 0.4) is 0 Å². The maximum Gasteiger partial charge on any atom is 0.407 e. The van der Waals surface area contributed by atoms with Gasteiger partial charge in [-0.05, 0) is 49.4 Å². The van der Waals surface area contributed by atoms with Crippen LogP contribution in [-0.2, 0) is 85.4 Å². The lowest BCUT2D eigenvalue weighted by Gasteiger charge is -2.50. The Morgan fingerprint density at radius 2 is 0.645 bits per heavy atom. The number of esters is 1. The molecule has 36 atom stereocenters. The van der Waals surface area contributed by atoms with Gasteiger partial charge in [-0.15, -0.1) is 0 Å². The van der Waals surface area contributed by atoms with Gasteiger partial charge in [0.2, 0.25) is 5.91 Å². The van der Waals surface area contributed by atoms with Crippen LogP contribution in [0.4, 0.5) is 4.79 Å². The third-order valence-corrected chi connectivity index (χ3v) is 20.1. The van der Waals surface area contributed by atoms with E-state index < -0.39 is 304 Å². The summed E-state index contributed by atoms with van der Waals surface area (Å²) in [6, 6.07) is 13.6. The van der Waals surface area contributed by atoms with E-state index in [1.54, 1.807) is 20.8 Å². The van der Waals surface area contributed by atoms with Crippen LogP contribution in [0.2, 0.25) is 0 Å². The first-order valence-electron chi connectivity index (χ1n) is 34.9. The minimum atomic E-state index is -2.36. The normalized spacial score (nSPS) is 43.8. The highest BCUT2D eigenvalue weighted by Crippen LogP contribution is 2.45. The van der Waals surface area contributed by atoms with Crippen LogP contribution in [0.5, 0.6) is 0 Å². The van der Waals surface area contributed by atoms with Gasteiger partial charge < -0.3 is 189 Å². The quantitative estimate of drug-likeness (QED) is 0.0736. The van der Waals surface area contributed by atoms with Gasteiger partial charge in [-0.25, -0.2) is 9.59 Å². The summed E-state index contributed by atoms with van der Waals surface area (Å²) in [7, 11) is 0. The minimum Gasteiger partial charge on any atom is -0.458 e. The summed E-state index contributed by atoms with van der Waals surface area (Å²) in [5, 5.41) is 231. The lowest BCUT2D eigenvalue weighted by Crippen LogP contribution is -2.68. The molecule has 41 nitrogen and oxygen atoms in total. The largest absolute Gasteiger partial charge is 0.458 e. The van der Waals surface area contributed by atoms with E-state index in [0.29, 0.717) is 0 Å². The minimum absolute atomic E-state index is 0.154. The first kappa shape index (κ1) is 83.2. The Balaban J connectivity index is 0.849. The third-order valence-electron chi connectivity index (χ3n) is 20.1. The number of nitrogens with one attached hydrogen (secondary N) is 2. The van der Waals surface area contributed by atoms with Crippen LogP contribution in [0.25, 0.3) is 11.1 Å². The summed E-state index contributed by atoms with van der Waals surface area (Å²) in [5.74, 6) is -2.24. The van der Waals surface area contributed by atoms with Crippen molar-refractivity contribution in [3.05, 3.63) is 59.7 Å². The molecule has 2 aromatic rings. The molecule has 0 aromatic heterocycles. The zero-order valence-electron chi connectivity index (χ0n) is 57.8. The zero-order valence-corrected chi connectivity index (χ0v) is 57.8. The van der Waals surface area contributed by atoms with Gasteiger partial charge in [-0.3, -0.25) is 4.79 Å². The second-order valence-electron chi connectivity index (χ2n) is 28.4. The van der Waals surface area contributed by atoms with Crippen molar-refractivity contribution in [3.63, 3.8) is 0 Å². The van der Waals surface area contributed by atoms with Crippen molar-refractivity contribution in [2.45, 2.75) is 266 Å². The van der Waals surface area contributed by atoms with E-state index in [1.165, 1.54) is 0 Å². The first-order valence-corrected chi connectivity index (χ1v) is 34.9. The van der Waals surface area contributed by atoms with Crippen molar-refractivity contribution in [2.75, 3.05) is 52.8 Å².